The molecule has 142 valence electrons. The quantitative estimate of drug-likeness (QED) is 0.872. The molecule has 1 saturated heterocycles. The number of hydrogen-bond acceptors (Lipinski definition) is 6. The highest BCUT2D eigenvalue weighted by molar-refractivity contribution is 5.86. The fraction of sp³-hybridized carbons (Fsp3) is 0.476. The van der Waals surface area contributed by atoms with Gasteiger partial charge in [-0.25, -0.2) is 4.98 Å². The van der Waals surface area contributed by atoms with Gasteiger partial charge in [-0.3, -0.25) is 4.99 Å². The summed E-state index contributed by atoms with van der Waals surface area (Å²) in [5.74, 6) is 2.28. The van der Waals surface area contributed by atoms with Crippen molar-refractivity contribution in [1.29, 1.82) is 0 Å². The van der Waals surface area contributed by atoms with Gasteiger partial charge in [0.05, 0.1) is 6.54 Å². The van der Waals surface area contributed by atoms with Gasteiger partial charge in [-0.15, -0.1) is 0 Å². The Morgan fingerprint density at radius 1 is 1.22 bits per heavy atom. The maximum atomic E-state index is 4.88. The zero-order valence-electron chi connectivity index (χ0n) is 16.6. The van der Waals surface area contributed by atoms with Crippen LogP contribution in [0, 0.1) is 19.8 Å². The lowest BCUT2D eigenvalue weighted by atomic mass is 10.0. The highest BCUT2D eigenvalue weighted by Gasteiger charge is 2.24. The van der Waals surface area contributed by atoms with Gasteiger partial charge in [-0.05, 0) is 43.0 Å². The summed E-state index contributed by atoms with van der Waals surface area (Å²) in [6, 6.07) is 6.85. The Balaban J connectivity index is 1.60. The van der Waals surface area contributed by atoms with Crippen LogP contribution in [0.3, 0.4) is 0 Å². The molecule has 6 nitrogen and oxygen atoms in total. The lowest BCUT2D eigenvalue weighted by molar-refractivity contribution is 0.366. The van der Waals surface area contributed by atoms with Crippen molar-refractivity contribution in [3.63, 3.8) is 0 Å². The summed E-state index contributed by atoms with van der Waals surface area (Å²) in [6.07, 6.45) is 1.94. The Morgan fingerprint density at radius 2 is 2.07 bits per heavy atom. The molecule has 0 radical (unpaired) electrons. The molecule has 2 aliphatic rings. The second-order valence-electron chi connectivity index (χ2n) is 7.84. The minimum atomic E-state index is 0.469. The number of anilines is 3. The number of piperazine rings is 1. The zero-order valence-corrected chi connectivity index (χ0v) is 16.6. The maximum Gasteiger partial charge on any atom is 0.227 e. The van der Waals surface area contributed by atoms with E-state index in [4.69, 9.17) is 9.97 Å². The van der Waals surface area contributed by atoms with Crippen LogP contribution in [0.15, 0.2) is 23.2 Å². The molecule has 0 amide bonds. The van der Waals surface area contributed by atoms with Crippen molar-refractivity contribution in [2.24, 2.45) is 10.9 Å². The van der Waals surface area contributed by atoms with Gasteiger partial charge in [-0.1, -0.05) is 19.9 Å². The van der Waals surface area contributed by atoms with Crippen LogP contribution in [-0.2, 0) is 6.54 Å². The molecule has 2 aliphatic heterocycles. The van der Waals surface area contributed by atoms with E-state index in [-0.39, 0.29) is 0 Å². The number of rotatable bonds is 4. The highest BCUT2D eigenvalue weighted by Crippen LogP contribution is 2.26. The third kappa shape index (κ3) is 3.67. The molecule has 1 unspecified atom stereocenters. The molecule has 0 spiro atoms. The van der Waals surface area contributed by atoms with Crippen LogP contribution >= 0.6 is 0 Å². The molecule has 0 bridgehead atoms. The van der Waals surface area contributed by atoms with Gasteiger partial charge in [0.2, 0.25) is 5.95 Å². The van der Waals surface area contributed by atoms with E-state index >= 15 is 0 Å². The first-order chi connectivity index (χ1) is 13.0. The molecule has 0 aliphatic carbocycles. The van der Waals surface area contributed by atoms with Crippen molar-refractivity contribution in [3.05, 3.63) is 40.6 Å². The number of nitrogens with zero attached hydrogens (tertiary/aromatic N) is 4. The monoisotopic (exact) mass is 364 g/mol. The van der Waals surface area contributed by atoms with Gasteiger partial charge in [0.15, 0.2) is 0 Å². The summed E-state index contributed by atoms with van der Waals surface area (Å²) in [6.45, 7) is 12.3. The second kappa shape index (κ2) is 7.27. The first kappa shape index (κ1) is 17.9. The molecule has 27 heavy (non-hydrogen) atoms. The van der Waals surface area contributed by atoms with Crippen molar-refractivity contribution >= 4 is 23.7 Å². The molecule has 1 aromatic carbocycles. The van der Waals surface area contributed by atoms with Crippen molar-refractivity contribution in [2.45, 2.75) is 40.3 Å². The first-order valence-corrected chi connectivity index (χ1v) is 9.74. The van der Waals surface area contributed by atoms with E-state index in [1.54, 1.807) is 0 Å². The van der Waals surface area contributed by atoms with E-state index in [9.17, 15) is 0 Å². The Bertz CT molecular complexity index is 873. The largest absolute Gasteiger partial charge is 0.340 e. The zero-order chi connectivity index (χ0) is 19.0. The fourth-order valence-electron chi connectivity index (χ4n) is 3.60. The lowest BCUT2D eigenvalue weighted by Crippen LogP contribution is -2.53. The predicted molar refractivity (Wildman–Crippen MR) is 111 cm³/mol. The van der Waals surface area contributed by atoms with Crippen LogP contribution in [0.4, 0.5) is 17.5 Å². The molecule has 6 heteroatoms. The fourth-order valence-corrected chi connectivity index (χ4v) is 3.60. The van der Waals surface area contributed by atoms with Crippen LogP contribution in [0.2, 0.25) is 0 Å². The van der Waals surface area contributed by atoms with Crippen molar-refractivity contribution in [3.8, 4) is 0 Å². The average molecular weight is 364 g/mol. The van der Waals surface area contributed by atoms with Crippen LogP contribution in [0.1, 0.15) is 36.2 Å². The summed E-state index contributed by atoms with van der Waals surface area (Å²) in [4.78, 5) is 16.3. The summed E-state index contributed by atoms with van der Waals surface area (Å²) in [7, 11) is 0. The van der Waals surface area contributed by atoms with Gasteiger partial charge in [0.25, 0.3) is 0 Å². The lowest BCUT2D eigenvalue weighted by Gasteiger charge is -2.36. The molecule has 1 fully saturated rings. The van der Waals surface area contributed by atoms with Crippen LogP contribution in [0.5, 0.6) is 0 Å². The number of aromatic nitrogens is 2. The number of hydrogen-bond donors (Lipinski definition) is 2. The van der Waals surface area contributed by atoms with Gasteiger partial charge in [-0.2, -0.15) is 4.98 Å². The minimum Gasteiger partial charge on any atom is -0.340 e. The van der Waals surface area contributed by atoms with Crippen molar-refractivity contribution < 1.29 is 0 Å². The Hall–Kier alpha value is -2.47. The molecule has 3 heterocycles. The Morgan fingerprint density at radius 3 is 2.89 bits per heavy atom. The molecule has 0 saturated carbocycles. The second-order valence-corrected chi connectivity index (χ2v) is 7.84. The highest BCUT2D eigenvalue weighted by atomic mass is 15.3. The third-order valence-corrected chi connectivity index (χ3v) is 5.57. The summed E-state index contributed by atoms with van der Waals surface area (Å²) >= 11 is 0. The van der Waals surface area contributed by atoms with Gasteiger partial charge in [0, 0.05) is 48.8 Å². The number of nitrogens with one attached hydrogen (secondary N) is 2. The summed E-state index contributed by atoms with van der Waals surface area (Å²) in [5, 5.41) is 7.10. The van der Waals surface area contributed by atoms with E-state index in [0.717, 1.165) is 54.9 Å². The molecule has 2 aromatic rings. The Kier molecular flexibility index (Phi) is 4.83. The van der Waals surface area contributed by atoms with Crippen LogP contribution in [0.25, 0.3) is 0 Å². The predicted octanol–water partition coefficient (Wildman–Crippen LogP) is 3.20. The molecule has 1 atom stereocenters. The first-order valence-electron chi connectivity index (χ1n) is 9.74. The van der Waals surface area contributed by atoms with Gasteiger partial charge >= 0.3 is 0 Å². The minimum absolute atomic E-state index is 0.469. The van der Waals surface area contributed by atoms with E-state index in [1.165, 1.54) is 11.1 Å². The number of fused-ring (bicyclic) bond motifs is 1. The van der Waals surface area contributed by atoms with E-state index in [0.29, 0.717) is 12.0 Å². The van der Waals surface area contributed by atoms with Crippen molar-refractivity contribution in [1.82, 2.24) is 15.3 Å². The number of aliphatic imine (C=N–C) groups is 1. The van der Waals surface area contributed by atoms with E-state index in [1.807, 2.05) is 6.21 Å². The Labute approximate surface area is 161 Å². The smallest absolute Gasteiger partial charge is 0.227 e. The molecule has 1 aromatic heterocycles. The van der Waals surface area contributed by atoms with Crippen molar-refractivity contribution in [2.75, 3.05) is 29.9 Å². The van der Waals surface area contributed by atoms with Crippen LogP contribution in [-0.4, -0.2) is 41.9 Å². The normalized spacial score (nSPS) is 18.9. The number of aryl methyl sites for hydroxylation is 1. The summed E-state index contributed by atoms with van der Waals surface area (Å²) in [5.41, 5.74) is 5.60. The molecule has 2 N–H and O–H groups in total. The molecular formula is C21H28N6. The molecule has 4 rings (SSSR count). The van der Waals surface area contributed by atoms with Gasteiger partial charge < -0.3 is 15.5 Å². The standard InChI is InChI=1S/C21H28N6/c1-13(2)19-12-27(8-7-23-19)21-24-15(4)14(3)20(26-21)25-18-6-5-16-10-22-11-17(16)9-18/h5-6,9,11,13,19,23H,7-8,10,12H2,1-4H3,(H,24,25,26). The summed E-state index contributed by atoms with van der Waals surface area (Å²) < 4.78 is 0. The average Bonchev–Trinajstić information content (AvgIpc) is 3.13. The molecular weight excluding hydrogens is 336 g/mol. The third-order valence-electron chi connectivity index (χ3n) is 5.57. The SMILES string of the molecule is Cc1nc(N2CCNC(C(C)C)C2)nc(Nc2ccc3c(c2)C=NC3)c1C. The maximum absolute atomic E-state index is 4.88. The van der Waals surface area contributed by atoms with E-state index in [2.05, 4.69) is 66.4 Å². The van der Waals surface area contributed by atoms with Crippen LogP contribution < -0.4 is 15.5 Å². The number of benzene rings is 1. The van der Waals surface area contributed by atoms with E-state index < -0.39 is 0 Å². The van der Waals surface area contributed by atoms with Gasteiger partial charge in [0.1, 0.15) is 5.82 Å². The topological polar surface area (TPSA) is 65.4 Å².